The van der Waals surface area contributed by atoms with Gasteiger partial charge in [0, 0.05) is 13.0 Å². The van der Waals surface area contributed by atoms with Crippen LogP contribution in [-0.2, 0) is 4.74 Å². The molecule has 0 aromatic heterocycles. The van der Waals surface area contributed by atoms with Crippen LogP contribution in [0.1, 0.15) is 37.2 Å². The Hall–Kier alpha value is -0.820. The molecule has 0 bridgehead atoms. The predicted molar refractivity (Wildman–Crippen MR) is 58.4 cm³/mol. The number of benzene rings is 1. The quantitative estimate of drug-likeness (QED) is 0.695. The van der Waals surface area contributed by atoms with Crippen LogP contribution in [0.2, 0.25) is 0 Å². The summed E-state index contributed by atoms with van der Waals surface area (Å²) in [4.78, 5) is 0. The second kappa shape index (κ2) is 4.61. The zero-order chi connectivity index (χ0) is 9.80. The molecular weight excluding hydrogens is 172 g/mol. The molecule has 1 nitrogen and oxygen atoms in total. The molecule has 0 spiro atoms. The first-order valence-electron chi connectivity index (χ1n) is 5.49. The van der Waals surface area contributed by atoms with E-state index in [9.17, 15) is 0 Å². The Morgan fingerprint density at radius 2 is 1.79 bits per heavy atom. The van der Waals surface area contributed by atoms with Gasteiger partial charge in [-0.25, -0.2) is 0 Å². The van der Waals surface area contributed by atoms with E-state index in [0.29, 0.717) is 12.0 Å². The van der Waals surface area contributed by atoms with Gasteiger partial charge < -0.3 is 4.74 Å². The lowest BCUT2D eigenvalue weighted by Gasteiger charge is -2.30. The summed E-state index contributed by atoms with van der Waals surface area (Å²) in [5, 5.41) is 0. The Morgan fingerprint density at radius 1 is 1.07 bits per heavy atom. The van der Waals surface area contributed by atoms with Gasteiger partial charge in [0.15, 0.2) is 0 Å². The minimum atomic E-state index is 0.436. The fraction of sp³-hybridized carbons (Fsp3) is 0.538. The van der Waals surface area contributed by atoms with Crippen molar-refractivity contribution in [1.82, 2.24) is 0 Å². The lowest BCUT2D eigenvalue weighted by molar-refractivity contribution is 0.0523. The smallest absolute Gasteiger partial charge is 0.0639 e. The zero-order valence-electron chi connectivity index (χ0n) is 8.78. The van der Waals surface area contributed by atoms with Gasteiger partial charge in [0.05, 0.1) is 6.10 Å². The van der Waals surface area contributed by atoms with Gasteiger partial charge in [0.1, 0.15) is 0 Å². The molecule has 1 fully saturated rings. The molecule has 1 aromatic carbocycles. The average Bonchev–Trinajstić information content (AvgIpc) is 2.30. The summed E-state index contributed by atoms with van der Waals surface area (Å²) >= 11 is 0. The van der Waals surface area contributed by atoms with Gasteiger partial charge in [-0.1, -0.05) is 43.2 Å². The van der Waals surface area contributed by atoms with Crippen molar-refractivity contribution in [2.75, 3.05) is 7.11 Å². The number of ether oxygens (including phenoxy) is 1. The molecule has 0 radical (unpaired) electrons. The number of methoxy groups -OCH3 is 1. The zero-order valence-corrected chi connectivity index (χ0v) is 8.78. The summed E-state index contributed by atoms with van der Waals surface area (Å²) in [7, 11) is 1.84. The molecular formula is C13H18O. The second-order valence-corrected chi connectivity index (χ2v) is 4.08. The van der Waals surface area contributed by atoms with Gasteiger partial charge in [0.25, 0.3) is 0 Å². The monoisotopic (exact) mass is 190 g/mol. The van der Waals surface area contributed by atoms with E-state index in [1.54, 1.807) is 0 Å². The number of hydrogen-bond donors (Lipinski definition) is 0. The highest BCUT2D eigenvalue weighted by atomic mass is 16.5. The SMILES string of the molecule is CO[C@H]1CCCC[C@@H]1c1ccccc1. The summed E-state index contributed by atoms with van der Waals surface area (Å²) in [6.07, 6.45) is 5.60. The maximum atomic E-state index is 5.56. The molecule has 0 N–H and O–H groups in total. The van der Waals surface area contributed by atoms with E-state index in [4.69, 9.17) is 4.74 Å². The van der Waals surface area contributed by atoms with Crippen molar-refractivity contribution >= 4 is 0 Å². The number of rotatable bonds is 2. The highest BCUT2D eigenvalue weighted by Crippen LogP contribution is 2.34. The van der Waals surface area contributed by atoms with Crippen LogP contribution in [0.4, 0.5) is 0 Å². The summed E-state index contributed by atoms with van der Waals surface area (Å²) in [5.41, 5.74) is 1.44. The van der Waals surface area contributed by atoms with Gasteiger partial charge in [0.2, 0.25) is 0 Å². The third-order valence-corrected chi connectivity index (χ3v) is 3.23. The predicted octanol–water partition coefficient (Wildman–Crippen LogP) is 3.36. The van der Waals surface area contributed by atoms with Crippen LogP contribution in [0.25, 0.3) is 0 Å². The fourth-order valence-electron chi connectivity index (χ4n) is 2.46. The van der Waals surface area contributed by atoms with Crippen molar-refractivity contribution in [2.45, 2.75) is 37.7 Å². The Labute approximate surface area is 86.1 Å². The van der Waals surface area contributed by atoms with E-state index in [2.05, 4.69) is 30.3 Å². The van der Waals surface area contributed by atoms with Gasteiger partial charge >= 0.3 is 0 Å². The minimum absolute atomic E-state index is 0.436. The molecule has 1 heteroatoms. The molecule has 2 atom stereocenters. The first-order chi connectivity index (χ1) is 6.92. The van der Waals surface area contributed by atoms with E-state index in [0.717, 1.165) is 0 Å². The summed E-state index contributed by atoms with van der Waals surface area (Å²) in [6.45, 7) is 0. The maximum Gasteiger partial charge on any atom is 0.0639 e. The molecule has 1 saturated carbocycles. The van der Waals surface area contributed by atoms with Crippen LogP contribution in [0.3, 0.4) is 0 Å². The van der Waals surface area contributed by atoms with E-state index in [1.165, 1.54) is 31.2 Å². The van der Waals surface area contributed by atoms with Crippen molar-refractivity contribution in [2.24, 2.45) is 0 Å². The Balaban J connectivity index is 2.15. The molecule has 2 rings (SSSR count). The standard InChI is InChI=1S/C13H18O/c1-14-13-10-6-5-9-12(13)11-7-3-2-4-8-11/h2-4,7-8,12-13H,5-6,9-10H2,1H3/t12-,13+/m1/s1. The van der Waals surface area contributed by atoms with Crippen LogP contribution in [0, 0.1) is 0 Å². The molecule has 1 aliphatic carbocycles. The van der Waals surface area contributed by atoms with Crippen molar-refractivity contribution < 1.29 is 4.74 Å². The van der Waals surface area contributed by atoms with Crippen molar-refractivity contribution in [3.8, 4) is 0 Å². The van der Waals surface area contributed by atoms with E-state index in [1.807, 2.05) is 7.11 Å². The van der Waals surface area contributed by atoms with Crippen LogP contribution in [-0.4, -0.2) is 13.2 Å². The first kappa shape index (κ1) is 9.72. The van der Waals surface area contributed by atoms with Crippen LogP contribution in [0.15, 0.2) is 30.3 Å². The van der Waals surface area contributed by atoms with Gasteiger partial charge in [-0.3, -0.25) is 0 Å². The van der Waals surface area contributed by atoms with Crippen LogP contribution < -0.4 is 0 Å². The van der Waals surface area contributed by atoms with E-state index in [-0.39, 0.29) is 0 Å². The minimum Gasteiger partial charge on any atom is -0.381 e. The summed E-state index contributed by atoms with van der Waals surface area (Å²) < 4.78 is 5.56. The molecule has 1 aromatic rings. The highest BCUT2D eigenvalue weighted by molar-refractivity contribution is 5.21. The fourth-order valence-corrected chi connectivity index (χ4v) is 2.46. The molecule has 0 heterocycles. The molecule has 14 heavy (non-hydrogen) atoms. The van der Waals surface area contributed by atoms with Crippen molar-refractivity contribution in [1.29, 1.82) is 0 Å². The van der Waals surface area contributed by atoms with E-state index >= 15 is 0 Å². The first-order valence-corrected chi connectivity index (χ1v) is 5.49. The molecule has 0 saturated heterocycles. The number of hydrogen-bond acceptors (Lipinski definition) is 1. The normalized spacial score (nSPS) is 27.5. The Morgan fingerprint density at radius 3 is 2.50 bits per heavy atom. The molecule has 0 unspecified atom stereocenters. The average molecular weight is 190 g/mol. The van der Waals surface area contributed by atoms with E-state index < -0.39 is 0 Å². The Bertz CT molecular complexity index is 268. The lowest BCUT2D eigenvalue weighted by Crippen LogP contribution is -2.24. The second-order valence-electron chi connectivity index (χ2n) is 4.08. The third-order valence-electron chi connectivity index (χ3n) is 3.23. The molecule has 0 amide bonds. The topological polar surface area (TPSA) is 9.23 Å². The lowest BCUT2D eigenvalue weighted by atomic mass is 9.82. The van der Waals surface area contributed by atoms with Gasteiger partial charge in [-0.15, -0.1) is 0 Å². The van der Waals surface area contributed by atoms with Gasteiger partial charge in [-0.2, -0.15) is 0 Å². The highest BCUT2D eigenvalue weighted by Gasteiger charge is 2.25. The molecule has 0 aliphatic heterocycles. The summed E-state index contributed by atoms with van der Waals surface area (Å²) in [5.74, 6) is 0.620. The van der Waals surface area contributed by atoms with Gasteiger partial charge in [-0.05, 0) is 18.4 Å². The van der Waals surface area contributed by atoms with Crippen LogP contribution in [0.5, 0.6) is 0 Å². The summed E-state index contributed by atoms with van der Waals surface area (Å²) in [6, 6.07) is 10.8. The largest absolute Gasteiger partial charge is 0.381 e. The maximum absolute atomic E-state index is 5.56. The van der Waals surface area contributed by atoms with Crippen molar-refractivity contribution in [3.63, 3.8) is 0 Å². The third kappa shape index (κ3) is 1.98. The molecule has 1 aliphatic rings. The Kier molecular flexibility index (Phi) is 3.20. The van der Waals surface area contributed by atoms with Crippen LogP contribution >= 0.6 is 0 Å². The van der Waals surface area contributed by atoms with Crippen molar-refractivity contribution in [3.05, 3.63) is 35.9 Å². The molecule has 76 valence electrons.